The molecule has 0 aromatic carbocycles. The number of aromatic nitrogens is 5. The van der Waals surface area contributed by atoms with E-state index < -0.39 is 18.0 Å². The van der Waals surface area contributed by atoms with Crippen molar-refractivity contribution < 1.29 is 19.1 Å². The number of unbranched alkanes of at least 4 members (excludes halogenated alkanes) is 2. The predicted molar refractivity (Wildman–Crippen MR) is 134 cm³/mol. The lowest BCUT2D eigenvalue weighted by atomic mass is 9.85. The van der Waals surface area contributed by atoms with E-state index in [0.29, 0.717) is 13.1 Å². The monoisotopic (exact) mass is 495 g/mol. The van der Waals surface area contributed by atoms with Crippen molar-refractivity contribution in [3.05, 3.63) is 49.1 Å². The van der Waals surface area contributed by atoms with Gasteiger partial charge in [-0.3, -0.25) is 19.6 Å². The number of nitrogens with one attached hydrogen (secondary N) is 2. The molecule has 0 fully saturated rings. The largest absolute Gasteiger partial charge is 0.418 e. The summed E-state index contributed by atoms with van der Waals surface area (Å²) in [6, 6.07) is 6.77. The zero-order valence-electron chi connectivity index (χ0n) is 21.1. The number of ether oxygens (including phenoxy) is 1. The van der Waals surface area contributed by atoms with Gasteiger partial charge in [0.2, 0.25) is 0 Å². The van der Waals surface area contributed by atoms with Gasteiger partial charge in [-0.15, -0.1) is 0 Å². The van der Waals surface area contributed by atoms with E-state index in [-0.39, 0.29) is 17.3 Å². The van der Waals surface area contributed by atoms with Crippen molar-refractivity contribution in [2.45, 2.75) is 59.5 Å². The maximum absolute atomic E-state index is 13.2. The quantitative estimate of drug-likeness (QED) is 0.199. The highest BCUT2D eigenvalue weighted by Crippen LogP contribution is 2.28. The molecule has 3 aromatic rings. The molecule has 0 radical (unpaired) electrons. The van der Waals surface area contributed by atoms with Crippen molar-refractivity contribution in [3.8, 4) is 11.3 Å². The summed E-state index contributed by atoms with van der Waals surface area (Å²) in [5.41, 5.74) is 1.34. The molecule has 192 valence electrons. The van der Waals surface area contributed by atoms with E-state index in [2.05, 4.69) is 32.5 Å². The Kier molecular flexibility index (Phi) is 8.93. The molecule has 3 rings (SSSR count). The first-order chi connectivity index (χ1) is 17.2. The topological polar surface area (TPSA) is 135 Å². The first kappa shape index (κ1) is 26.6. The van der Waals surface area contributed by atoms with Gasteiger partial charge in [-0.1, -0.05) is 40.5 Å². The fraction of sp³-hybridized carbons (Fsp3) is 0.440. The van der Waals surface area contributed by atoms with E-state index in [9.17, 15) is 14.4 Å². The van der Waals surface area contributed by atoms with E-state index >= 15 is 0 Å². The van der Waals surface area contributed by atoms with Crippen molar-refractivity contribution in [1.82, 2.24) is 29.9 Å². The van der Waals surface area contributed by atoms with Crippen LogP contribution in [0.3, 0.4) is 0 Å². The van der Waals surface area contributed by atoms with Crippen molar-refractivity contribution >= 4 is 23.8 Å². The Hall–Kier alpha value is -4.02. The third-order valence-electron chi connectivity index (χ3n) is 5.70. The lowest BCUT2D eigenvalue weighted by Gasteiger charge is -2.39. The molecule has 0 unspecified atom stereocenters. The normalized spacial score (nSPS) is 12.1. The van der Waals surface area contributed by atoms with Crippen LogP contribution >= 0.6 is 0 Å². The van der Waals surface area contributed by atoms with Gasteiger partial charge in [0.05, 0.1) is 24.5 Å². The predicted octanol–water partition coefficient (Wildman–Crippen LogP) is 3.88. The fourth-order valence-corrected chi connectivity index (χ4v) is 3.75. The van der Waals surface area contributed by atoms with Gasteiger partial charge in [0.25, 0.3) is 0 Å². The highest BCUT2D eigenvalue weighted by atomic mass is 16.6. The second-order valence-electron chi connectivity index (χ2n) is 9.52. The Balaban J connectivity index is 1.78. The van der Waals surface area contributed by atoms with Crippen LogP contribution in [-0.4, -0.2) is 60.4 Å². The Bertz CT molecular complexity index is 1140. The van der Waals surface area contributed by atoms with Gasteiger partial charge < -0.3 is 15.0 Å². The molecule has 0 bridgehead atoms. The summed E-state index contributed by atoms with van der Waals surface area (Å²) in [7, 11) is 0. The average Bonchev–Trinajstić information content (AvgIpc) is 3.53. The zero-order chi connectivity index (χ0) is 26.1. The van der Waals surface area contributed by atoms with Crippen LogP contribution in [0.5, 0.6) is 0 Å². The van der Waals surface area contributed by atoms with Gasteiger partial charge in [-0.2, -0.15) is 10.2 Å². The smallest absolute Gasteiger partial charge is 0.369 e. The molecule has 0 spiro atoms. The number of carbonyl (C=O) groups excluding carboxylic acids is 3. The number of H-pyrrole nitrogens is 1. The van der Waals surface area contributed by atoms with Gasteiger partial charge in [0.1, 0.15) is 5.82 Å². The number of hydrogen-bond acceptors (Lipinski definition) is 7. The number of aromatic amines is 1. The lowest BCUT2D eigenvalue weighted by molar-refractivity contribution is -0.149. The first-order valence-electron chi connectivity index (χ1n) is 12.0. The maximum atomic E-state index is 13.2. The molecule has 0 saturated heterocycles. The molecule has 0 aliphatic carbocycles. The Morgan fingerprint density at radius 1 is 1.11 bits per heavy atom. The average molecular weight is 496 g/mol. The molecular weight excluding hydrogens is 462 g/mol. The van der Waals surface area contributed by atoms with Crippen LogP contribution < -0.4 is 5.32 Å². The molecule has 2 N–H and O–H groups in total. The van der Waals surface area contributed by atoms with Crippen molar-refractivity contribution in [2.24, 2.45) is 5.41 Å². The number of anilines is 1. The van der Waals surface area contributed by atoms with E-state index in [4.69, 9.17) is 4.74 Å². The van der Waals surface area contributed by atoms with Crippen LogP contribution in [0, 0.1) is 5.41 Å². The highest BCUT2D eigenvalue weighted by molar-refractivity contribution is 6.38. The van der Waals surface area contributed by atoms with Crippen molar-refractivity contribution in [1.29, 1.82) is 0 Å². The minimum absolute atomic E-state index is 0.223. The number of nitrogens with zero attached hydrogens (tertiary/aromatic N) is 5. The summed E-state index contributed by atoms with van der Waals surface area (Å²) < 4.78 is 6.78. The van der Waals surface area contributed by atoms with E-state index in [1.807, 2.05) is 45.2 Å². The first-order valence-corrected chi connectivity index (χ1v) is 12.0. The third-order valence-corrected chi connectivity index (χ3v) is 5.70. The Morgan fingerprint density at radius 2 is 1.86 bits per heavy atom. The van der Waals surface area contributed by atoms with Crippen LogP contribution in [-0.2, 0) is 20.9 Å². The molecule has 11 nitrogen and oxygen atoms in total. The van der Waals surface area contributed by atoms with E-state index in [1.54, 1.807) is 17.1 Å². The van der Waals surface area contributed by atoms with Crippen LogP contribution in [0.15, 0.2) is 49.1 Å². The van der Waals surface area contributed by atoms with Gasteiger partial charge in [0, 0.05) is 36.8 Å². The lowest BCUT2D eigenvalue weighted by Crippen LogP contribution is -2.51. The van der Waals surface area contributed by atoms with Crippen LogP contribution in [0.1, 0.15) is 47.0 Å². The minimum atomic E-state index is -1.29. The molecule has 0 saturated carbocycles. The van der Waals surface area contributed by atoms with Crippen molar-refractivity contribution in [3.63, 3.8) is 0 Å². The van der Waals surface area contributed by atoms with Gasteiger partial charge >= 0.3 is 18.0 Å². The summed E-state index contributed by atoms with van der Waals surface area (Å²) in [5, 5.41) is 13.2. The molecule has 0 aliphatic rings. The molecular formula is C25H33N7O4. The molecule has 3 aromatic heterocycles. The molecule has 11 heteroatoms. The van der Waals surface area contributed by atoms with E-state index in [0.717, 1.165) is 30.5 Å². The van der Waals surface area contributed by atoms with Gasteiger partial charge in [0.15, 0.2) is 0 Å². The minimum Gasteiger partial charge on any atom is -0.369 e. The summed E-state index contributed by atoms with van der Waals surface area (Å²) in [6.07, 6.45) is 8.42. The molecule has 0 aliphatic heterocycles. The summed E-state index contributed by atoms with van der Waals surface area (Å²) in [6.45, 7) is 8.86. The second kappa shape index (κ2) is 12.1. The molecule has 2 amide bonds. The number of amides is 2. The fourth-order valence-electron chi connectivity index (χ4n) is 3.75. The number of hydrogen-bond donors (Lipinski definition) is 2. The standard InChI is InChI=1S/C25H33N7O4/c1-5-6-7-15-32(24(35)36-23(34)22(33)28-21-10-14-27-29-21)20(25(2,3)4)17-31-16-11-19(30-31)18-8-12-26-13-9-18/h8-14,16,20H,5-7,15,17H2,1-4H3,(H2,27,28,29,33)/t20-/m1/s1. The van der Waals surface area contributed by atoms with Crippen LogP contribution in [0.2, 0.25) is 0 Å². The summed E-state index contributed by atoms with van der Waals surface area (Å²) in [5.74, 6) is -2.13. The number of pyridine rings is 1. The Morgan fingerprint density at radius 3 is 2.50 bits per heavy atom. The zero-order valence-corrected chi connectivity index (χ0v) is 21.1. The van der Waals surface area contributed by atoms with Crippen molar-refractivity contribution in [2.75, 3.05) is 11.9 Å². The number of carbonyl (C=O) groups is 3. The third kappa shape index (κ3) is 7.24. The number of rotatable bonds is 9. The molecule has 3 heterocycles. The maximum Gasteiger partial charge on any atom is 0.418 e. The SMILES string of the molecule is CCCCCN(C(=O)OC(=O)C(=O)Nc1ccn[nH]1)[C@H](Cn1ccc(-c2ccncc2)n1)C(C)(C)C. The number of esters is 1. The summed E-state index contributed by atoms with van der Waals surface area (Å²) >= 11 is 0. The van der Waals surface area contributed by atoms with Gasteiger partial charge in [-0.25, -0.2) is 9.59 Å². The summed E-state index contributed by atoms with van der Waals surface area (Å²) in [4.78, 5) is 43.3. The van der Waals surface area contributed by atoms with Crippen LogP contribution in [0.25, 0.3) is 11.3 Å². The van der Waals surface area contributed by atoms with E-state index in [1.165, 1.54) is 17.2 Å². The highest BCUT2D eigenvalue weighted by Gasteiger charge is 2.36. The van der Waals surface area contributed by atoms with Gasteiger partial charge in [-0.05, 0) is 30.0 Å². The second-order valence-corrected chi connectivity index (χ2v) is 9.52. The van der Waals surface area contributed by atoms with Crippen LogP contribution in [0.4, 0.5) is 10.6 Å². The molecule has 1 atom stereocenters. The molecule has 36 heavy (non-hydrogen) atoms. The Labute approximate surface area is 210 Å².